The molecule has 2 aromatic carbocycles. The minimum Gasteiger partial charge on any atom is -0.310 e. The zero-order valence-electron chi connectivity index (χ0n) is 13.1. The van der Waals surface area contributed by atoms with Crippen LogP contribution >= 0.6 is 0 Å². The molecule has 112 valence electrons. The quantitative estimate of drug-likeness (QED) is 0.809. The molecule has 2 rings (SSSR count). The summed E-state index contributed by atoms with van der Waals surface area (Å²) >= 11 is 0. The van der Waals surface area contributed by atoms with Crippen LogP contribution in [-0.4, -0.2) is 6.54 Å². The highest BCUT2D eigenvalue weighted by Crippen LogP contribution is 2.23. The van der Waals surface area contributed by atoms with E-state index < -0.39 is 0 Å². The van der Waals surface area contributed by atoms with E-state index in [1.165, 1.54) is 16.7 Å². The highest BCUT2D eigenvalue weighted by Gasteiger charge is 2.14. The van der Waals surface area contributed by atoms with Crippen LogP contribution in [0.15, 0.2) is 42.5 Å². The molecular formula is C19H24FN. The maximum absolute atomic E-state index is 13.1. The minimum absolute atomic E-state index is 0.180. The summed E-state index contributed by atoms with van der Waals surface area (Å²) in [5.41, 5.74) is 5.17. The molecule has 2 aromatic rings. The van der Waals surface area contributed by atoms with Crippen molar-refractivity contribution >= 4 is 0 Å². The first kappa shape index (κ1) is 15.7. The predicted molar refractivity (Wildman–Crippen MR) is 87.1 cm³/mol. The first-order chi connectivity index (χ1) is 10.1. The van der Waals surface area contributed by atoms with Crippen molar-refractivity contribution in [1.29, 1.82) is 0 Å². The Hall–Kier alpha value is -1.67. The van der Waals surface area contributed by atoms with E-state index >= 15 is 0 Å². The van der Waals surface area contributed by atoms with Crippen molar-refractivity contribution in [3.8, 4) is 0 Å². The predicted octanol–water partition coefficient (Wildman–Crippen LogP) is 4.73. The van der Waals surface area contributed by atoms with Gasteiger partial charge in [-0.1, -0.05) is 37.3 Å². The molecule has 0 fully saturated rings. The summed E-state index contributed by atoms with van der Waals surface area (Å²) in [6, 6.07) is 13.5. The van der Waals surface area contributed by atoms with Crippen LogP contribution in [0.1, 0.15) is 41.6 Å². The summed E-state index contributed by atoms with van der Waals surface area (Å²) in [5, 5.41) is 3.59. The van der Waals surface area contributed by atoms with Crippen molar-refractivity contribution in [3.05, 3.63) is 70.5 Å². The molecule has 1 atom stereocenters. The van der Waals surface area contributed by atoms with Crippen molar-refractivity contribution in [2.24, 2.45) is 0 Å². The number of benzene rings is 2. The van der Waals surface area contributed by atoms with Gasteiger partial charge in [0.15, 0.2) is 0 Å². The Bertz CT molecular complexity index is 554. The molecule has 0 aliphatic carbocycles. The van der Waals surface area contributed by atoms with Crippen LogP contribution in [0.5, 0.6) is 0 Å². The van der Waals surface area contributed by atoms with Crippen LogP contribution in [0.25, 0.3) is 0 Å². The normalized spacial score (nSPS) is 12.4. The minimum atomic E-state index is -0.180. The van der Waals surface area contributed by atoms with Gasteiger partial charge in [0, 0.05) is 6.04 Å². The average molecular weight is 285 g/mol. The Morgan fingerprint density at radius 3 is 2.19 bits per heavy atom. The van der Waals surface area contributed by atoms with E-state index in [9.17, 15) is 4.39 Å². The average Bonchev–Trinajstić information content (AvgIpc) is 2.47. The fraction of sp³-hybridized carbons (Fsp3) is 0.368. The van der Waals surface area contributed by atoms with Crippen LogP contribution in [0.4, 0.5) is 4.39 Å². The number of hydrogen-bond donors (Lipinski definition) is 1. The summed E-state index contributed by atoms with van der Waals surface area (Å²) in [4.78, 5) is 0. The lowest BCUT2D eigenvalue weighted by molar-refractivity contribution is 0.526. The standard InChI is InChI=1S/C19H24FN/c1-4-12-21-19(16-8-10-17(20)11-9-16)13-18-14(2)6-5-7-15(18)3/h5-11,19,21H,4,12-13H2,1-3H3. The summed E-state index contributed by atoms with van der Waals surface area (Å²) in [6.07, 6.45) is 2.02. The van der Waals surface area contributed by atoms with Gasteiger partial charge in [0.25, 0.3) is 0 Å². The van der Waals surface area contributed by atoms with E-state index in [-0.39, 0.29) is 11.9 Å². The maximum atomic E-state index is 13.1. The van der Waals surface area contributed by atoms with Gasteiger partial charge in [-0.2, -0.15) is 0 Å². The SMILES string of the molecule is CCCNC(Cc1c(C)cccc1C)c1ccc(F)cc1. The topological polar surface area (TPSA) is 12.0 Å². The van der Waals surface area contributed by atoms with Crippen LogP contribution < -0.4 is 5.32 Å². The second-order valence-electron chi connectivity index (χ2n) is 5.63. The van der Waals surface area contributed by atoms with Crippen molar-refractivity contribution < 1.29 is 4.39 Å². The molecule has 0 aliphatic rings. The van der Waals surface area contributed by atoms with E-state index in [0.29, 0.717) is 0 Å². The van der Waals surface area contributed by atoms with E-state index in [2.05, 4.69) is 44.3 Å². The highest BCUT2D eigenvalue weighted by molar-refractivity contribution is 5.35. The fourth-order valence-corrected chi connectivity index (χ4v) is 2.70. The molecule has 0 spiro atoms. The molecule has 1 N–H and O–H groups in total. The van der Waals surface area contributed by atoms with Gasteiger partial charge in [-0.25, -0.2) is 4.39 Å². The van der Waals surface area contributed by atoms with Gasteiger partial charge in [-0.05, 0) is 67.6 Å². The largest absolute Gasteiger partial charge is 0.310 e. The Morgan fingerprint density at radius 2 is 1.62 bits per heavy atom. The lowest BCUT2D eigenvalue weighted by atomic mass is 9.93. The molecule has 0 saturated heterocycles. The van der Waals surface area contributed by atoms with Gasteiger partial charge >= 0.3 is 0 Å². The van der Waals surface area contributed by atoms with Crippen LogP contribution in [0, 0.1) is 19.7 Å². The maximum Gasteiger partial charge on any atom is 0.123 e. The zero-order valence-corrected chi connectivity index (χ0v) is 13.1. The Balaban J connectivity index is 2.26. The summed E-state index contributed by atoms with van der Waals surface area (Å²) in [7, 11) is 0. The molecule has 0 radical (unpaired) electrons. The molecule has 0 saturated carbocycles. The molecule has 1 unspecified atom stereocenters. The van der Waals surface area contributed by atoms with Crippen molar-refractivity contribution in [1.82, 2.24) is 5.32 Å². The second-order valence-corrected chi connectivity index (χ2v) is 5.63. The third kappa shape index (κ3) is 4.15. The summed E-state index contributed by atoms with van der Waals surface area (Å²) in [5.74, 6) is -0.180. The van der Waals surface area contributed by atoms with Gasteiger partial charge in [0.05, 0.1) is 0 Å². The molecule has 21 heavy (non-hydrogen) atoms. The number of rotatable bonds is 6. The fourth-order valence-electron chi connectivity index (χ4n) is 2.70. The Morgan fingerprint density at radius 1 is 1.00 bits per heavy atom. The summed E-state index contributed by atoms with van der Waals surface area (Å²) in [6.45, 7) is 7.44. The molecule has 0 heterocycles. The number of nitrogens with one attached hydrogen (secondary N) is 1. The van der Waals surface area contributed by atoms with Gasteiger partial charge in [-0.15, -0.1) is 0 Å². The molecule has 0 bridgehead atoms. The monoisotopic (exact) mass is 285 g/mol. The molecular weight excluding hydrogens is 261 g/mol. The molecule has 1 nitrogen and oxygen atoms in total. The third-order valence-electron chi connectivity index (χ3n) is 3.97. The van der Waals surface area contributed by atoms with E-state index in [1.54, 1.807) is 12.1 Å². The van der Waals surface area contributed by atoms with Crippen LogP contribution in [-0.2, 0) is 6.42 Å². The van der Waals surface area contributed by atoms with Gasteiger partial charge < -0.3 is 5.32 Å². The van der Waals surface area contributed by atoms with Crippen LogP contribution in [0.2, 0.25) is 0 Å². The molecule has 0 amide bonds. The number of hydrogen-bond acceptors (Lipinski definition) is 1. The molecule has 0 aliphatic heterocycles. The van der Waals surface area contributed by atoms with Crippen LogP contribution in [0.3, 0.4) is 0 Å². The Kier molecular flexibility index (Phi) is 5.51. The van der Waals surface area contributed by atoms with E-state index in [4.69, 9.17) is 0 Å². The van der Waals surface area contributed by atoms with E-state index in [1.807, 2.05) is 12.1 Å². The van der Waals surface area contributed by atoms with E-state index in [0.717, 1.165) is 24.9 Å². The molecule has 2 heteroatoms. The zero-order chi connectivity index (χ0) is 15.2. The van der Waals surface area contributed by atoms with Gasteiger partial charge in [-0.3, -0.25) is 0 Å². The first-order valence-electron chi connectivity index (χ1n) is 7.65. The Labute approximate surface area is 127 Å². The second kappa shape index (κ2) is 7.37. The first-order valence-corrected chi connectivity index (χ1v) is 7.65. The highest BCUT2D eigenvalue weighted by atomic mass is 19.1. The number of aryl methyl sites for hydroxylation is 2. The third-order valence-corrected chi connectivity index (χ3v) is 3.97. The molecule has 0 aromatic heterocycles. The summed E-state index contributed by atoms with van der Waals surface area (Å²) < 4.78 is 13.1. The lowest BCUT2D eigenvalue weighted by Gasteiger charge is -2.21. The van der Waals surface area contributed by atoms with Gasteiger partial charge in [0.1, 0.15) is 5.82 Å². The van der Waals surface area contributed by atoms with Crippen molar-refractivity contribution in [2.75, 3.05) is 6.54 Å². The van der Waals surface area contributed by atoms with Crippen molar-refractivity contribution in [3.63, 3.8) is 0 Å². The smallest absolute Gasteiger partial charge is 0.123 e. The van der Waals surface area contributed by atoms with Gasteiger partial charge in [0.2, 0.25) is 0 Å². The van der Waals surface area contributed by atoms with Crippen molar-refractivity contribution in [2.45, 2.75) is 39.7 Å². The lowest BCUT2D eigenvalue weighted by Crippen LogP contribution is -2.24. The number of halogens is 1.